The van der Waals surface area contributed by atoms with Crippen molar-refractivity contribution in [3.8, 4) is 0 Å². The Morgan fingerprint density at radius 2 is 1.76 bits per heavy atom. The number of nitrogens with one attached hydrogen (secondary N) is 1. The maximum Gasteiger partial charge on any atom is 0.340 e. The van der Waals surface area contributed by atoms with Crippen LogP contribution in [0.2, 0.25) is 0 Å². The monoisotopic (exact) mass is 399 g/mol. The van der Waals surface area contributed by atoms with Crippen LogP contribution in [0.25, 0.3) is 5.57 Å². The molecule has 154 valence electrons. The number of allylic oxidation sites excluding steroid dienone is 2. The van der Waals surface area contributed by atoms with Gasteiger partial charge < -0.3 is 14.8 Å². The Morgan fingerprint density at radius 3 is 2.24 bits per heavy atom. The minimum atomic E-state index is -0.558. The van der Waals surface area contributed by atoms with Crippen LogP contribution in [0.15, 0.2) is 22.0 Å². The molecule has 3 rings (SSSR count). The average Bonchev–Trinajstić information content (AvgIpc) is 3.05. The second-order valence-corrected chi connectivity index (χ2v) is 8.12. The molecule has 1 aliphatic heterocycles. The summed E-state index contributed by atoms with van der Waals surface area (Å²) in [6, 6.07) is 0. The van der Waals surface area contributed by atoms with Gasteiger partial charge in [-0.25, -0.2) is 9.80 Å². The quantitative estimate of drug-likeness (QED) is 0.599. The second kappa shape index (κ2) is 6.72. The highest BCUT2D eigenvalue weighted by Crippen LogP contribution is 2.41. The van der Waals surface area contributed by atoms with Crippen LogP contribution in [0.3, 0.4) is 0 Å². The molecule has 0 bridgehead atoms. The molecule has 1 aromatic rings. The lowest BCUT2D eigenvalue weighted by molar-refractivity contribution is -0.130. The number of aliphatic hydroxyl groups is 1. The molecule has 0 spiro atoms. The fourth-order valence-corrected chi connectivity index (χ4v) is 3.62. The largest absolute Gasteiger partial charge is 0.506 e. The van der Waals surface area contributed by atoms with Gasteiger partial charge in [0.1, 0.15) is 5.76 Å². The van der Waals surface area contributed by atoms with Crippen molar-refractivity contribution in [1.29, 1.82) is 0 Å². The van der Waals surface area contributed by atoms with Crippen molar-refractivity contribution in [2.75, 3.05) is 6.61 Å². The molecule has 0 saturated heterocycles. The Kier molecular flexibility index (Phi) is 4.77. The van der Waals surface area contributed by atoms with Gasteiger partial charge in [-0.2, -0.15) is 5.10 Å². The summed E-state index contributed by atoms with van der Waals surface area (Å²) in [5.41, 5.74) is 1.69. The number of ether oxygens (including phenoxy) is 1. The number of esters is 1. The van der Waals surface area contributed by atoms with E-state index < -0.39 is 23.2 Å². The molecule has 1 amide bonds. The third-order valence-corrected chi connectivity index (χ3v) is 5.00. The molecule has 1 aromatic heterocycles. The van der Waals surface area contributed by atoms with E-state index in [1.807, 2.05) is 20.8 Å². The summed E-state index contributed by atoms with van der Waals surface area (Å²) in [5, 5.41) is 16.3. The number of hydrazone groups is 1. The van der Waals surface area contributed by atoms with Crippen molar-refractivity contribution in [2.24, 2.45) is 5.10 Å². The molecule has 2 aliphatic rings. The Labute approximate surface area is 168 Å². The van der Waals surface area contributed by atoms with E-state index in [4.69, 9.17) is 4.74 Å². The maximum atomic E-state index is 12.9. The summed E-state index contributed by atoms with van der Waals surface area (Å²) in [5.74, 6) is -1.65. The summed E-state index contributed by atoms with van der Waals surface area (Å²) in [6.07, 6.45) is 0. The number of aryl methyl sites for hydroxylation is 1. The topological polar surface area (TPSA) is 112 Å². The molecule has 2 heterocycles. The zero-order valence-corrected chi connectivity index (χ0v) is 17.7. The number of amides is 1. The molecule has 0 fully saturated rings. The summed E-state index contributed by atoms with van der Waals surface area (Å²) >= 11 is 0. The normalized spacial score (nSPS) is 19.7. The molecule has 0 unspecified atom stereocenters. The van der Waals surface area contributed by atoms with E-state index in [0.29, 0.717) is 28.2 Å². The predicted octanol–water partition coefficient (Wildman–Crippen LogP) is 2.97. The van der Waals surface area contributed by atoms with E-state index in [0.717, 1.165) is 0 Å². The highest BCUT2D eigenvalue weighted by Gasteiger charge is 2.45. The highest BCUT2D eigenvalue weighted by molar-refractivity contribution is 6.44. The molecule has 0 aromatic carbocycles. The number of H-pyrrole nitrogens is 1. The van der Waals surface area contributed by atoms with Gasteiger partial charge in [-0.15, -0.1) is 0 Å². The Bertz CT molecular complexity index is 1050. The van der Waals surface area contributed by atoms with Crippen LogP contribution in [0.4, 0.5) is 0 Å². The number of aromatic nitrogens is 1. The van der Waals surface area contributed by atoms with Crippen molar-refractivity contribution < 1.29 is 24.2 Å². The highest BCUT2D eigenvalue weighted by atomic mass is 16.5. The fraction of sp³-hybridized carbons (Fsp3) is 0.429. The minimum absolute atomic E-state index is 0.0395. The molecule has 0 atom stereocenters. The van der Waals surface area contributed by atoms with Crippen LogP contribution in [-0.4, -0.2) is 50.6 Å². The first-order chi connectivity index (χ1) is 13.4. The number of carbonyl (C=O) groups excluding carboxylic acids is 3. The summed E-state index contributed by atoms with van der Waals surface area (Å²) in [6.45, 7) is 12.4. The van der Waals surface area contributed by atoms with Gasteiger partial charge in [0.25, 0.3) is 5.91 Å². The summed E-state index contributed by atoms with van der Waals surface area (Å²) < 4.78 is 5.06. The SMILES string of the molecule is CCOC(=O)c1c(C)[nH]c(C2=C(O)C(=C3C(=O)N(C(C)(C)C)N=C3C)C2=O)c1C. The molecule has 2 N–H and O–H groups in total. The molecule has 8 nitrogen and oxygen atoms in total. The van der Waals surface area contributed by atoms with Crippen LogP contribution in [0, 0.1) is 13.8 Å². The first-order valence-electron chi connectivity index (χ1n) is 9.41. The van der Waals surface area contributed by atoms with Gasteiger partial charge >= 0.3 is 5.97 Å². The minimum Gasteiger partial charge on any atom is -0.506 e. The molecule has 8 heteroatoms. The Balaban J connectivity index is 2.09. The van der Waals surface area contributed by atoms with E-state index in [1.54, 1.807) is 27.7 Å². The van der Waals surface area contributed by atoms with Gasteiger partial charge in [0.2, 0.25) is 5.78 Å². The van der Waals surface area contributed by atoms with Crippen LogP contribution in [0.1, 0.15) is 61.9 Å². The number of Topliss-reactive ketones (excluding diaryl/α,β-unsaturated/α-hetero) is 1. The van der Waals surface area contributed by atoms with Crippen LogP contribution >= 0.6 is 0 Å². The van der Waals surface area contributed by atoms with Gasteiger partial charge in [-0.3, -0.25) is 9.59 Å². The number of rotatable bonds is 3. The smallest absolute Gasteiger partial charge is 0.340 e. The first-order valence-corrected chi connectivity index (χ1v) is 9.41. The molecular formula is C21H25N3O5. The summed E-state index contributed by atoms with van der Waals surface area (Å²) in [4.78, 5) is 40.9. The van der Waals surface area contributed by atoms with Crippen molar-refractivity contribution in [3.05, 3.63) is 39.4 Å². The van der Waals surface area contributed by atoms with Crippen LogP contribution in [0.5, 0.6) is 0 Å². The van der Waals surface area contributed by atoms with Gasteiger partial charge in [0, 0.05) is 5.69 Å². The van der Waals surface area contributed by atoms with E-state index in [-0.39, 0.29) is 29.1 Å². The molecule has 1 aliphatic carbocycles. The van der Waals surface area contributed by atoms with Crippen LogP contribution in [-0.2, 0) is 14.3 Å². The lowest BCUT2D eigenvalue weighted by atomic mass is 9.80. The standard InChI is InChI=1S/C21H25N3O5/c1-8-29-20(28)12-9(2)16(22-10(12)3)15-17(25)14(18(15)26)13-11(4)23-24(19(13)27)21(5,6)7/h22,25H,8H2,1-7H3. The number of aromatic amines is 1. The average molecular weight is 399 g/mol. The number of hydrogen-bond donors (Lipinski definition) is 2. The van der Waals surface area contributed by atoms with E-state index in [9.17, 15) is 19.5 Å². The second-order valence-electron chi connectivity index (χ2n) is 8.12. The lowest BCUT2D eigenvalue weighted by Gasteiger charge is -2.28. The maximum absolute atomic E-state index is 12.9. The predicted molar refractivity (Wildman–Crippen MR) is 108 cm³/mol. The zero-order chi connectivity index (χ0) is 21.8. The van der Waals surface area contributed by atoms with Gasteiger partial charge in [0.05, 0.1) is 45.8 Å². The molecular weight excluding hydrogens is 374 g/mol. The van der Waals surface area contributed by atoms with Gasteiger partial charge in [0.15, 0.2) is 0 Å². The number of ketones is 1. The van der Waals surface area contributed by atoms with E-state index in [1.165, 1.54) is 5.01 Å². The Morgan fingerprint density at radius 1 is 1.14 bits per heavy atom. The van der Waals surface area contributed by atoms with E-state index >= 15 is 0 Å². The molecule has 0 saturated carbocycles. The number of carbonyl (C=O) groups is 3. The van der Waals surface area contributed by atoms with E-state index in [2.05, 4.69) is 10.1 Å². The van der Waals surface area contributed by atoms with Gasteiger partial charge in [-0.05, 0) is 54.0 Å². The molecule has 29 heavy (non-hydrogen) atoms. The number of nitrogens with zero attached hydrogens (tertiary/aromatic N) is 2. The van der Waals surface area contributed by atoms with Gasteiger partial charge in [-0.1, -0.05) is 0 Å². The van der Waals surface area contributed by atoms with Crippen molar-refractivity contribution in [3.63, 3.8) is 0 Å². The third-order valence-electron chi connectivity index (χ3n) is 5.00. The summed E-state index contributed by atoms with van der Waals surface area (Å²) in [7, 11) is 0. The lowest BCUT2D eigenvalue weighted by Crippen LogP contribution is -2.40. The van der Waals surface area contributed by atoms with Crippen molar-refractivity contribution in [2.45, 2.75) is 54.0 Å². The molecule has 0 radical (unpaired) electrons. The number of hydrogen-bond acceptors (Lipinski definition) is 6. The zero-order valence-electron chi connectivity index (χ0n) is 17.7. The fourth-order valence-electron chi connectivity index (χ4n) is 3.62. The third kappa shape index (κ3) is 2.99. The van der Waals surface area contributed by atoms with Crippen molar-refractivity contribution >= 4 is 28.9 Å². The van der Waals surface area contributed by atoms with Crippen molar-refractivity contribution in [1.82, 2.24) is 9.99 Å². The number of aliphatic hydroxyl groups excluding tert-OH is 1. The van der Waals surface area contributed by atoms with Crippen LogP contribution < -0.4 is 0 Å². The first kappa shape index (κ1) is 20.6. The Hall–Kier alpha value is -3.16.